The lowest BCUT2D eigenvalue weighted by molar-refractivity contribution is -0.122. The second kappa shape index (κ2) is 10.3. The lowest BCUT2D eigenvalue weighted by atomic mass is 10.0. The van der Waals surface area contributed by atoms with Crippen LogP contribution in [0.2, 0.25) is 0 Å². The van der Waals surface area contributed by atoms with Gasteiger partial charge >= 0.3 is 0 Å². The van der Waals surface area contributed by atoms with E-state index >= 15 is 0 Å². The Bertz CT molecular complexity index is 1230. The molecule has 3 aromatic rings. The summed E-state index contributed by atoms with van der Waals surface area (Å²) in [5.41, 5.74) is 3.10. The number of aliphatic imine (C=N–C) groups is 1. The number of para-hydroxylation sites is 1. The van der Waals surface area contributed by atoms with Crippen LogP contribution in [0.4, 0.5) is 5.69 Å². The second-order valence-electron chi connectivity index (χ2n) is 8.44. The van der Waals surface area contributed by atoms with Crippen molar-refractivity contribution in [1.82, 2.24) is 4.90 Å². The quantitative estimate of drug-likeness (QED) is 0.356. The van der Waals surface area contributed by atoms with Gasteiger partial charge in [0.15, 0.2) is 5.17 Å². The van der Waals surface area contributed by atoms with Gasteiger partial charge in [-0.2, -0.15) is 0 Å². The maximum atomic E-state index is 13.2. The summed E-state index contributed by atoms with van der Waals surface area (Å²) in [5.74, 6) is 1.33. The number of ether oxygens (including phenoxy) is 1. The summed E-state index contributed by atoms with van der Waals surface area (Å²) >= 11 is 1.44. The van der Waals surface area contributed by atoms with Crippen LogP contribution in [0.25, 0.3) is 16.8 Å². The van der Waals surface area contributed by atoms with E-state index in [9.17, 15) is 4.79 Å². The highest BCUT2D eigenvalue weighted by Crippen LogP contribution is 2.37. The molecule has 33 heavy (non-hydrogen) atoms. The van der Waals surface area contributed by atoms with Gasteiger partial charge in [-0.15, -0.1) is 0 Å². The zero-order chi connectivity index (χ0) is 23.4. The van der Waals surface area contributed by atoms with E-state index in [-0.39, 0.29) is 5.91 Å². The number of carbonyl (C=O) groups excluding carboxylic acids is 1. The van der Waals surface area contributed by atoms with Gasteiger partial charge in [0.05, 0.1) is 17.2 Å². The molecule has 1 amide bonds. The van der Waals surface area contributed by atoms with Crippen LogP contribution in [0.1, 0.15) is 38.8 Å². The Morgan fingerprint density at radius 2 is 1.73 bits per heavy atom. The summed E-state index contributed by atoms with van der Waals surface area (Å²) in [4.78, 5) is 20.5. The topological polar surface area (TPSA) is 41.9 Å². The van der Waals surface area contributed by atoms with Crippen molar-refractivity contribution in [3.63, 3.8) is 0 Å². The van der Waals surface area contributed by atoms with Gasteiger partial charge in [-0.3, -0.25) is 9.69 Å². The molecular weight excluding hydrogens is 428 g/mol. The largest absolute Gasteiger partial charge is 0.493 e. The van der Waals surface area contributed by atoms with E-state index < -0.39 is 0 Å². The fourth-order valence-electron chi connectivity index (χ4n) is 3.84. The number of fused-ring (bicyclic) bond motifs is 1. The maximum absolute atomic E-state index is 13.2. The highest BCUT2D eigenvalue weighted by molar-refractivity contribution is 8.18. The molecule has 1 fully saturated rings. The number of nitrogens with zero attached hydrogens (tertiary/aromatic N) is 2. The van der Waals surface area contributed by atoms with Crippen molar-refractivity contribution in [3.05, 3.63) is 76.7 Å². The van der Waals surface area contributed by atoms with Crippen molar-refractivity contribution >= 4 is 45.4 Å². The summed E-state index contributed by atoms with van der Waals surface area (Å²) < 4.78 is 6.05. The van der Waals surface area contributed by atoms with Gasteiger partial charge in [-0.05, 0) is 65.7 Å². The van der Waals surface area contributed by atoms with Crippen LogP contribution in [-0.2, 0) is 11.2 Å². The molecule has 0 bridgehead atoms. The second-order valence-corrected chi connectivity index (χ2v) is 9.45. The van der Waals surface area contributed by atoms with Crippen molar-refractivity contribution in [1.29, 1.82) is 0 Å². The molecule has 0 radical (unpaired) electrons. The Morgan fingerprint density at radius 1 is 1.00 bits per heavy atom. The number of likely N-dealkylation sites (N-methyl/N-ethyl adjacent to an activating group) is 1. The van der Waals surface area contributed by atoms with Crippen LogP contribution in [-0.4, -0.2) is 29.1 Å². The summed E-state index contributed by atoms with van der Waals surface area (Å²) in [7, 11) is 0. The van der Waals surface area contributed by atoms with Crippen LogP contribution >= 0.6 is 11.8 Å². The average Bonchev–Trinajstić information content (AvgIpc) is 3.12. The SMILES string of the molecule is CCc1ccccc1N=C1S/C(=C/c2ccc(OCC(C)C)c3ccccc23)C(=O)N1CC. The van der Waals surface area contributed by atoms with Gasteiger partial charge < -0.3 is 4.74 Å². The van der Waals surface area contributed by atoms with Gasteiger partial charge in [0.25, 0.3) is 5.91 Å². The fourth-order valence-corrected chi connectivity index (χ4v) is 4.88. The lowest BCUT2D eigenvalue weighted by Crippen LogP contribution is -2.28. The first-order chi connectivity index (χ1) is 16.0. The fraction of sp³-hybridized carbons (Fsp3) is 0.286. The van der Waals surface area contributed by atoms with E-state index in [0.717, 1.165) is 39.4 Å². The molecule has 0 unspecified atom stereocenters. The van der Waals surface area contributed by atoms with Gasteiger partial charge in [-0.25, -0.2) is 4.99 Å². The average molecular weight is 459 g/mol. The van der Waals surface area contributed by atoms with Crippen LogP contribution in [0.15, 0.2) is 70.6 Å². The summed E-state index contributed by atoms with van der Waals surface area (Å²) in [5, 5.41) is 2.86. The minimum Gasteiger partial charge on any atom is -0.493 e. The highest BCUT2D eigenvalue weighted by atomic mass is 32.2. The molecule has 4 rings (SSSR count). The highest BCUT2D eigenvalue weighted by Gasteiger charge is 2.32. The van der Waals surface area contributed by atoms with Crippen molar-refractivity contribution in [3.8, 4) is 5.75 Å². The maximum Gasteiger partial charge on any atom is 0.266 e. The molecule has 0 aromatic heterocycles. The Morgan fingerprint density at radius 3 is 2.45 bits per heavy atom. The Hall–Kier alpha value is -3.05. The Kier molecular flexibility index (Phi) is 7.19. The van der Waals surface area contributed by atoms with E-state index in [2.05, 4.69) is 39.0 Å². The standard InChI is InChI=1S/C28H30N2O2S/c1-5-20-11-7-10-14-24(20)29-28-30(6-2)27(31)26(33-28)17-21-15-16-25(32-18-19(3)4)23-13-9-8-12-22(21)23/h7-17,19H,5-6,18H2,1-4H3/b26-17+,29-28?. The predicted octanol–water partition coefficient (Wildman–Crippen LogP) is 7.06. The van der Waals surface area contributed by atoms with Gasteiger partial charge in [0.1, 0.15) is 5.75 Å². The number of rotatable bonds is 7. The Balaban J connectivity index is 1.71. The number of amidine groups is 1. The van der Waals surface area contributed by atoms with Crippen molar-refractivity contribution in [2.24, 2.45) is 10.9 Å². The molecule has 0 N–H and O–H groups in total. The smallest absolute Gasteiger partial charge is 0.266 e. The van der Waals surface area contributed by atoms with Crippen LogP contribution in [0.5, 0.6) is 5.75 Å². The number of benzene rings is 3. The molecule has 0 saturated carbocycles. The van der Waals surface area contributed by atoms with Crippen molar-refractivity contribution < 1.29 is 9.53 Å². The first-order valence-corrected chi connectivity index (χ1v) is 12.4. The van der Waals surface area contributed by atoms with Crippen molar-refractivity contribution in [2.45, 2.75) is 34.1 Å². The van der Waals surface area contributed by atoms with Crippen molar-refractivity contribution in [2.75, 3.05) is 13.2 Å². The third-order valence-corrected chi connectivity index (χ3v) is 6.58. The van der Waals surface area contributed by atoms with Gasteiger partial charge in [0.2, 0.25) is 0 Å². The third-order valence-electron chi connectivity index (χ3n) is 5.57. The first-order valence-electron chi connectivity index (χ1n) is 11.5. The number of carbonyl (C=O) groups is 1. The van der Waals surface area contributed by atoms with E-state index in [1.54, 1.807) is 4.90 Å². The summed E-state index contributed by atoms with van der Waals surface area (Å²) in [6.45, 7) is 9.64. The van der Waals surface area contributed by atoms with Gasteiger partial charge in [0, 0.05) is 11.9 Å². The molecule has 1 heterocycles. The van der Waals surface area contributed by atoms with Crippen LogP contribution < -0.4 is 4.74 Å². The minimum atomic E-state index is -0.000514. The van der Waals surface area contributed by atoms with E-state index in [0.29, 0.717) is 24.0 Å². The zero-order valence-corrected chi connectivity index (χ0v) is 20.5. The molecular formula is C28H30N2O2S. The molecule has 1 aliphatic heterocycles. The van der Waals surface area contributed by atoms with E-state index in [1.165, 1.54) is 17.3 Å². The molecule has 1 aliphatic rings. The molecule has 5 heteroatoms. The molecule has 3 aromatic carbocycles. The monoisotopic (exact) mass is 458 g/mol. The summed E-state index contributed by atoms with van der Waals surface area (Å²) in [6.07, 6.45) is 2.88. The molecule has 0 aliphatic carbocycles. The van der Waals surface area contributed by atoms with E-state index in [4.69, 9.17) is 9.73 Å². The molecule has 0 spiro atoms. The van der Waals surface area contributed by atoms with Gasteiger partial charge in [-0.1, -0.05) is 69.3 Å². The van der Waals surface area contributed by atoms with Crippen LogP contribution in [0.3, 0.4) is 0 Å². The summed E-state index contributed by atoms with van der Waals surface area (Å²) in [6, 6.07) is 20.3. The molecule has 170 valence electrons. The number of hydrogen-bond donors (Lipinski definition) is 0. The zero-order valence-electron chi connectivity index (χ0n) is 19.7. The Labute approximate surface area is 200 Å². The molecule has 1 saturated heterocycles. The van der Waals surface area contributed by atoms with E-state index in [1.807, 2.05) is 55.5 Å². The third kappa shape index (κ3) is 4.98. The number of amides is 1. The first kappa shape index (κ1) is 23.1. The minimum absolute atomic E-state index is 0.000514. The number of thioether (sulfide) groups is 1. The number of hydrogen-bond acceptors (Lipinski definition) is 4. The molecule has 4 nitrogen and oxygen atoms in total. The predicted molar refractivity (Wildman–Crippen MR) is 140 cm³/mol. The number of aryl methyl sites for hydroxylation is 1. The molecule has 0 atom stereocenters. The normalized spacial score (nSPS) is 16.5. The van der Waals surface area contributed by atoms with Crippen LogP contribution in [0, 0.1) is 5.92 Å². The lowest BCUT2D eigenvalue weighted by Gasteiger charge is -2.13.